The molecule has 1 aliphatic rings. The van der Waals surface area contributed by atoms with E-state index in [1.54, 1.807) is 6.20 Å². The fourth-order valence-electron chi connectivity index (χ4n) is 3.69. The van der Waals surface area contributed by atoms with E-state index in [0.29, 0.717) is 18.4 Å². The molecule has 128 valence electrons. The Bertz CT molecular complexity index is 679. The maximum Gasteiger partial charge on any atom is 0.228 e. The minimum Gasteiger partial charge on any atom is -0.294 e. The second-order valence-electron chi connectivity index (χ2n) is 7.17. The molecule has 1 amide bonds. The van der Waals surface area contributed by atoms with E-state index < -0.39 is 0 Å². The van der Waals surface area contributed by atoms with Crippen LogP contribution < -0.4 is 4.90 Å². The van der Waals surface area contributed by atoms with Crippen LogP contribution in [0.5, 0.6) is 0 Å². The number of benzene rings is 1. The third kappa shape index (κ3) is 3.53. The topological polar surface area (TPSA) is 38.1 Å². The molecule has 0 N–H and O–H groups in total. The predicted octanol–water partition coefficient (Wildman–Crippen LogP) is 4.23. The van der Waals surface area contributed by atoms with Gasteiger partial charge in [-0.15, -0.1) is 0 Å². The molecule has 0 aliphatic carbocycles. The molecular weight excluding hydrogens is 298 g/mol. The van der Waals surface area contributed by atoms with Crippen molar-refractivity contribution in [2.24, 2.45) is 5.92 Å². The SMILES string of the molecule is C[C@H](CCc1ccccc1)CC(=O)N1c2ccnn2[C@H](C)C[C@@H]1C. The van der Waals surface area contributed by atoms with Gasteiger partial charge in [-0.25, -0.2) is 4.68 Å². The molecule has 3 rings (SSSR count). The lowest BCUT2D eigenvalue weighted by molar-refractivity contribution is -0.120. The zero-order valence-corrected chi connectivity index (χ0v) is 14.9. The maximum absolute atomic E-state index is 12.9. The van der Waals surface area contributed by atoms with Crippen molar-refractivity contribution in [1.82, 2.24) is 9.78 Å². The highest BCUT2D eigenvalue weighted by Gasteiger charge is 2.32. The summed E-state index contributed by atoms with van der Waals surface area (Å²) in [5.74, 6) is 1.54. The van der Waals surface area contributed by atoms with Gasteiger partial charge >= 0.3 is 0 Å². The first-order valence-corrected chi connectivity index (χ1v) is 8.95. The summed E-state index contributed by atoms with van der Waals surface area (Å²) in [6, 6.07) is 13.0. The molecule has 0 fully saturated rings. The van der Waals surface area contributed by atoms with E-state index >= 15 is 0 Å². The Labute approximate surface area is 144 Å². The molecule has 4 nitrogen and oxygen atoms in total. The van der Waals surface area contributed by atoms with Gasteiger partial charge in [0, 0.05) is 18.5 Å². The second-order valence-corrected chi connectivity index (χ2v) is 7.17. The van der Waals surface area contributed by atoms with Crippen LogP contribution in [0.1, 0.15) is 51.6 Å². The summed E-state index contributed by atoms with van der Waals surface area (Å²) in [6.45, 7) is 6.48. The Morgan fingerprint density at radius 2 is 1.96 bits per heavy atom. The number of rotatable bonds is 5. The molecule has 2 heterocycles. The molecule has 2 aromatic rings. The van der Waals surface area contributed by atoms with Gasteiger partial charge in [-0.3, -0.25) is 9.69 Å². The van der Waals surface area contributed by atoms with Gasteiger partial charge < -0.3 is 0 Å². The summed E-state index contributed by atoms with van der Waals surface area (Å²) in [5, 5.41) is 4.38. The van der Waals surface area contributed by atoms with Crippen molar-refractivity contribution >= 4 is 11.7 Å². The Morgan fingerprint density at radius 3 is 2.71 bits per heavy atom. The predicted molar refractivity (Wildman–Crippen MR) is 97.0 cm³/mol. The Morgan fingerprint density at radius 1 is 1.21 bits per heavy atom. The van der Waals surface area contributed by atoms with Crippen molar-refractivity contribution in [2.75, 3.05) is 4.90 Å². The van der Waals surface area contributed by atoms with E-state index in [-0.39, 0.29) is 11.9 Å². The monoisotopic (exact) mass is 325 g/mol. The highest BCUT2D eigenvalue weighted by atomic mass is 16.2. The normalized spacial score (nSPS) is 21.4. The number of carbonyl (C=O) groups is 1. The van der Waals surface area contributed by atoms with Crippen molar-refractivity contribution in [2.45, 2.75) is 58.5 Å². The van der Waals surface area contributed by atoms with Gasteiger partial charge in [0.15, 0.2) is 0 Å². The van der Waals surface area contributed by atoms with E-state index in [1.165, 1.54) is 5.56 Å². The fraction of sp³-hybridized carbons (Fsp3) is 0.500. The molecule has 0 saturated heterocycles. The lowest BCUT2D eigenvalue weighted by atomic mass is 9.96. The summed E-state index contributed by atoms with van der Waals surface area (Å²) >= 11 is 0. The number of anilines is 1. The highest BCUT2D eigenvalue weighted by Crippen LogP contribution is 2.32. The molecular formula is C20H27N3O. The number of hydrogen-bond donors (Lipinski definition) is 0. The molecule has 4 heteroatoms. The third-order valence-corrected chi connectivity index (χ3v) is 5.00. The number of hydrogen-bond acceptors (Lipinski definition) is 2. The van der Waals surface area contributed by atoms with Crippen LogP contribution in [-0.2, 0) is 11.2 Å². The van der Waals surface area contributed by atoms with E-state index in [2.05, 4.69) is 50.1 Å². The van der Waals surface area contributed by atoms with Gasteiger partial charge in [-0.05, 0) is 44.6 Å². The lowest BCUT2D eigenvalue weighted by Crippen LogP contribution is -2.45. The molecule has 0 unspecified atom stereocenters. The van der Waals surface area contributed by atoms with Gasteiger partial charge in [0.1, 0.15) is 5.82 Å². The van der Waals surface area contributed by atoms with E-state index in [4.69, 9.17) is 0 Å². The number of fused-ring (bicyclic) bond motifs is 1. The van der Waals surface area contributed by atoms with Crippen LogP contribution in [0.15, 0.2) is 42.6 Å². The molecule has 24 heavy (non-hydrogen) atoms. The van der Waals surface area contributed by atoms with Crippen LogP contribution in [0.3, 0.4) is 0 Å². The van der Waals surface area contributed by atoms with Crippen molar-refractivity contribution in [3.63, 3.8) is 0 Å². The largest absolute Gasteiger partial charge is 0.294 e. The Balaban J connectivity index is 1.61. The van der Waals surface area contributed by atoms with Gasteiger partial charge in [-0.1, -0.05) is 37.3 Å². The Kier molecular flexibility index (Phi) is 5.03. The van der Waals surface area contributed by atoms with Crippen molar-refractivity contribution < 1.29 is 4.79 Å². The summed E-state index contributed by atoms with van der Waals surface area (Å²) in [5.41, 5.74) is 1.34. The highest BCUT2D eigenvalue weighted by molar-refractivity contribution is 5.93. The van der Waals surface area contributed by atoms with Crippen LogP contribution in [-0.4, -0.2) is 21.7 Å². The molecule has 1 aliphatic heterocycles. The Hall–Kier alpha value is -2.10. The molecule has 0 saturated carbocycles. The number of carbonyl (C=O) groups excluding carboxylic acids is 1. The van der Waals surface area contributed by atoms with E-state index in [9.17, 15) is 4.79 Å². The van der Waals surface area contributed by atoms with Crippen LogP contribution in [0.25, 0.3) is 0 Å². The average Bonchev–Trinajstić information content (AvgIpc) is 3.03. The minimum absolute atomic E-state index is 0.219. The minimum atomic E-state index is 0.219. The number of aromatic nitrogens is 2. The van der Waals surface area contributed by atoms with Crippen molar-refractivity contribution in [1.29, 1.82) is 0 Å². The quantitative estimate of drug-likeness (QED) is 0.825. The van der Waals surface area contributed by atoms with Crippen LogP contribution in [0.2, 0.25) is 0 Å². The van der Waals surface area contributed by atoms with Gasteiger partial charge in [0.25, 0.3) is 0 Å². The number of aryl methyl sites for hydroxylation is 1. The van der Waals surface area contributed by atoms with Crippen LogP contribution in [0.4, 0.5) is 5.82 Å². The maximum atomic E-state index is 12.9. The second kappa shape index (κ2) is 7.20. The number of amides is 1. The summed E-state index contributed by atoms with van der Waals surface area (Å²) in [7, 11) is 0. The van der Waals surface area contributed by atoms with Gasteiger partial charge in [0.2, 0.25) is 5.91 Å². The fourth-order valence-corrected chi connectivity index (χ4v) is 3.69. The van der Waals surface area contributed by atoms with E-state index in [0.717, 1.165) is 25.1 Å². The van der Waals surface area contributed by atoms with Crippen LogP contribution >= 0.6 is 0 Å². The molecule has 1 aromatic heterocycles. The molecule has 0 bridgehead atoms. The first kappa shape index (κ1) is 16.7. The van der Waals surface area contributed by atoms with Crippen LogP contribution in [0, 0.1) is 5.92 Å². The van der Waals surface area contributed by atoms with Crippen molar-refractivity contribution in [3.8, 4) is 0 Å². The molecule has 3 atom stereocenters. The zero-order valence-electron chi connectivity index (χ0n) is 14.9. The summed E-state index contributed by atoms with van der Waals surface area (Å²) < 4.78 is 1.98. The molecule has 1 aromatic carbocycles. The average molecular weight is 325 g/mol. The molecule has 0 spiro atoms. The van der Waals surface area contributed by atoms with Gasteiger partial charge in [-0.2, -0.15) is 5.10 Å². The lowest BCUT2D eigenvalue weighted by Gasteiger charge is -2.37. The number of nitrogens with zero attached hydrogens (tertiary/aromatic N) is 3. The first-order chi connectivity index (χ1) is 11.6. The zero-order chi connectivity index (χ0) is 17.1. The van der Waals surface area contributed by atoms with Crippen molar-refractivity contribution in [3.05, 3.63) is 48.2 Å². The standard InChI is InChI=1S/C20H27N3O/c1-15(9-10-18-7-5-4-6-8-18)13-20(24)22-16(2)14-17(3)23-19(22)11-12-21-23/h4-8,11-12,15-17H,9-10,13-14H2,1-3H3/t15-,16+,17-/m1/s1. The summed E-state index contributed by atoms with van der Waals surface area (Å²) in [6.07, 6.45) is 5.41. The third-order valence-electron chi connectivity index (χ3n) is 5.00. The first-order valence-electron chi connectivity index (χ1n) is 8.95. The van der Waals surface area contributed by atoms with E-state index in [1.807, 2.05) is 21.7 Å². The summed E-state index contributed by atoms with van der Waals surface area (Å²) in [4.78, 5) is 14.8. The van der Waals surface area contributed by atoms with Gasteiger partial charge in [0.05, 0.1) is 12.2 Å². The smallest absolute Gasteiger partial charge is 0.228 e. The molecule has 0 radical (unpaired) electrons.